The molecule has 0 aliphatic heterocycles. The quantitative estimate of drug-likeness (QED) is 0.737. The molecule has 2 rings (SSSR count). The monoisotopic (exact) mass is 406 g/mol. The number of aryl methyl sites for hydroxylation is 3. The third kappa shape index (κ3) is 5.12. The summed E-state index contributed by atoms with van der Waals surface area (Å²) in [4.78, 5) is 13.9. The first-order valence-corrected chi connectivity index (χ1v) is 10.9. The number of benzene rings is 2. The van der Waals surface area contributed by atoms with Gasteiger partial charge >= 0.3 is 0 Å². The van der Waals surface area contributed by atoms with Gasteiger partial charge in [0.25, 0.3) is 0 Å². The summed E-state index contributed by atoms with van der Waals surface area (Å²) in [5.41, 5.74) is 3.64. The van der Waals surface area contributed by atoms with E-state index in [-0.39, 0.29) is 16.1 Å². The Hall–Kier alpha value is -1.83. The molecule has 7 heteroatoms. The summed E-state index contributed by atoms with van der Waals surface area (Å²) in [6.07, 6.45) is 0. The molecule has 2 aromatic carbocycles. The van der Waals surface area contributed by atoms with Crippen LogP contribution < -0.4 is 5.32 Å². The van der Waals surface area contributed by atoms with E-state index < -0.39 is 10.0 Å². The van der Waals surface area contributed by atoms with Crippen LogP contribution in [0.4, 0.5) is 5.69 Å². The topological polar surface area (TPSA) is 66.5 Å². The Morgan fingerprint density at radius 1 is 1.04 bits per heavy atom. The van der Waals surface area contributed by atoms with Gasteiger partial charge in [-0.05, 0) is 57.0 Å². The van der Waals surface area contributed by atoms with Crippen LogP contribution in [0.5, 0.6) is 0 Å². The number of hydrogen-bond donors (Lipinski definition) is 1. The van der Waals surface area contributed by atoms with Crippen molar-refractivity contribution >= 4 is 33.4 Å². The number of nitrogens with zero attached hydrogens (tertiary/aromatic N) is 1. The van der Waals surface area contributed by atoms with Gasteiger partial charge in [0.1, 0.15) is 0 Å². The number of rotatable bonds is 6. The molecule has 0 spiro atoms. The van der Waals surface area contributed by atoms with Gasteiger partial charge in [0, 0.05) is 24.7 Å². The summed E-state index contributed by atoms with van der Waals surface area (Å²) in [6, 6.07) is 10.9. The van der Waals surface area contributed by atoms with Crippen molar-refractivity contribution < 1.29 is 13.2 Å². The Bertz CT molecular complexity index is 954. The lowest BCUT2D eigenvalue weighted by Gasteiger charge is -2.17. The van der Waals surface area contributed by atoms with Gasteiger partial charge in [-0.3, -0.25) is 4.79 Å². The predicted octanol–water partition coefficient (Wildman–Crippen LogP) is 3.98. The SMILES string of the molecule is Cc1ccc(SC(C)C(=O)Nc2cc(S(=O)(=O)N(C)C)ccc2C)c(C)c1. The minimum absolute atomic E-state index is 0.156. The largest absolute Gasteiger partial charge is 0.325 e. The van der Waals surface area contributed by atoms with Crippen molar-refractivity contribution in [1.82, 2.24) is 4.31 Å². The van der Waals surface area contributed by atoms with E-state index in [0.717, 1.165) is 20.3 Å². The minimum Gasteiger partial charge on any atom is -0.325 e. The Morgan fingerprint density at radius 3 is 2.30 bits per heavy atom. The molecule has 1 unspecified atom stereocenters. The Labute approximate surface area is 166 Å². The number of thioether (sulfide) groups is 1. The van der Waals surface area contributed by atoms with Crippen molar-refractivity contribution in [3.63, 3.8) is 0 Å². The highest BCUT2D eigenvalue weighted by Crippen LogP contribution is 2.29. The second-order valence-electron chi connectivity index (χ2n) is 6.78. The molecule has 1 N–H and O–H groups in total. The number of amides is 1. The molecule has 1 amide bonds. The van der Waals surface area contributed by atoms with Crippen molar-refractivity contribution in [2.24, 2.45) is 0 Å². The first kappa shape index (κ1) is 21.5. The lowest BCUT2D eigenvalue weighted by Crippen LogP contribution is -2.24. The number of anilines is 1. The van der Waals surface area contributed by atoms with E-state index in [4.69, 9.17) is 0 Å². The number of hydrogen-bond acceptors (Lipinski definition) is 4. The van der Waals surface area contributed by atoms with Crippen LogP contribution in [0.2, 0.25) is 0 Å². The number of nitrogens with one attached hydrogen (secondary N) is 1. The van der Waals surface area contributed by atoms with Crippen LogP contribution in [0.1, 0.15) is 23.6 Å². The Morgan fingerprint density at radius 2 is 1.70 bits per heavy atom. The summed E-state index contributed by atoms with van der Waals surface area (Å²) in [5, 5.41) is 2.55. The van der Waals surface area contributed by atoms with Crippen molar-refractivity contribution in [3.8, 4) is 0 Å². The lowest BCUT2D eigenvalue weighted by atomic mass is 10.2. The normalized spacial score (nSPS) is 12.9. The maximum Gasteiger partial charge on any atom is 0.242 e. The zero-order valence-electron chi connectivity index (χ0n) is 16.5. The maximum absolute atomic E-state index is 12.7. The molecule has 27 heavy (non-hydrogen) atoms. The third-order valence-corrected chi connectivity index (χ3v) is 7.34. The highest BCUT2D eigenvalue weighted by molar-refractivity contribution is 8.00. The summed E-state index contributed by atoms with van der Waals surface area (Å²) < 4.78 is 25.8. The molecule has 0 radical (unpaired) electrons. The van der Waals surface area contributed by atoms with Crippen LogP contribution in [0.25, 0.3) is 0 Å². The minimum atomic E-state index is -3.55. The summed E-state index contributed by atoms with van der Waals surface area (Å²) in [5.74, 6) is -0.164. The molecule has 146 valence electrons. The van der Waals surface area contributed by atoms with Crippen molar-refractivity contribution in [2.45, 2.75) is 42.7 Å². The number of carbonyl (C=O) groups is 1. The first-order valence-electron chi connectivity index (χ1n) is 8.60. The van der Waals surface area contributed by atoms with Crippen LogP contribution in [-0.2, 0) is 14.8 Å². The number of carbonyl (C=O) groups excluding carboxylic acids is 1. The number of sulfonamides is 1. The van der Waals surface area contributed by atoms with Crippen molar-refractivity contribution in [1.29, 1.82) is 0 Å². The molecule has 0 bridgehead atoms. The summed E-state index contributed by atoms with van der Waals surface area (Å²) >= 11 is 1.49. The van der Waals surface area contributed by atoms with E-state index in [9.17, 15) is 13.2 Å². The zero-order chi connectivity index (χ0) is 20.4. The molecule has 0 aliphatic rings. The Kier molecular flexibility index (Phi) is 6.72. The molecule has 0 heterocycles. The molecule has 0 aliphatic carbocycles. The first-order chi connectivity index (χ1) is 12.5. The highest BCUT2D eigenvalue weighted by atomic mass is 32.2. The molecule has 1 atom stereocenters. The average molecular weight is 407 g/mol. The fourth-order valence-electron chi connectivity index (χ4n) is 2.52. The second kappa shape index (κ2) is 8.46. The fourth-order valence-corrected chi connectivity index (χ4v) is 4.38. The maximum atomic E-state index is 12.7. The molecule has 2 aromatic rings. The molecule has 0 fully saturated rings. The molecule has 0 saturated heterocycles. The van der Waals surface area contributed by atoms with Crippen LogP contribution in [0.15, 0.2) is 46.2 Å². The molecular weight excluding hydrogens is 380 g/mol. The van der Waals surface area contributed by atoms with Gasteiger partial charge in [-0.15, -0.1) is 11.8 Å². The van der Waals surface area contributed by atoms with Gasteiger partial charge in [-0.25, -0.2) is 12.7 Å². The molecular formula is C20H26N2O3S2. The van der Waals surface area contributed by atoms with E-state index in [0.29, 0.717) is 5.69 Å². The van der Waals surface area contributed by atoms with Crippen LogP contribution in [-0.4, -0.2) is 38.0 Å². The molecule has 5 nitrogen and oxygen atoms in total. The summed E-state index contributed by atoms with van der Waals surface area (Å²) in [7, 11) is -0.589. The van der Waals surface area contributed by atoms with Gasteiger partial charge in [-0.1, -0.05) is 23.8 Å². The third-order valence-electron chi connectivity index (χ3n) is 4.25. The molecule has 0 saturated carbocycles. The fraction of sp³-hybridized carbons (Fsp3) is 0.350. The van der Waals surface area contributed by atoms with E-state index in [1.54, 1.807) is 12.1 Å². The summed E-state index contributed by atoms with van der Waals surface area (Å²) in [6.45, 7) is 7.74. The van der Waals surface area contributed by atoms with Crippen molar-refractivity contribution in [2.75, 3.05) is 19.4 Å². The average Bonchev–Trinajstić information content (AvgIpc) is 2.58. The van der Waals surface area contributed by atoms with Gasteiger partial charge in [-0.2, -0.15) is 0 Å². The van der Waals surface area contributed by atoms with E-state index >= 15 is 0 Å². The highest BCUT2D eigenvalue weighted by Gasteiger charge is 2.20. The standard InChI is InChI=1S/C20H26N2O3S2/c1-13-7-10-19(15(3)11-13)26-16(4)20(23)21-18-12-17(9-8-14(18)2)27(24,25)22(5)6/h7-12,16H,1-6H3,(H,21,23). The van der Waals surface area contributed by atoms with Gasteiger partial charge in [0.15, 0.2) is 0 Å². The van der Waals surface area contributed by atoms with Crippen LogP contribution in [0, 0.1) is 20.8 Å². The smallest absolute Gasteiger partial charge is 0.242 e. The Balaban J connectivity index is 2.19. The lowest BCUT2D eigenvalue weighted by molar-refractivity contribution is -0.115. The molecule has 0 aromatic heterocycles. The zero-order valence-corrected chi connectivity index (χ0v) is 18.2. The van der Waals surface area contributed by atoms with Gasteiger partial charge < -0.3 is 5.32 Å². The van der Waals surface area contributed by atoms with Gasteiger partial charge in [0.2, 0.25) is 15.9 Å². The van der Waals surface area contributed by atoms with E-state index in [1.807, 2.05) is 39.8 Å². The van der Waals surface area contributed by atoms with Gasteiger partial charge in [0.05, 0.1) is 10.1 Å². The predicted molar refractivity (Wildman–Crippen MR) is 112 cm³/mol. The van der Waals surface area contributed by atoms with E-state index in [1.165, 1.54) is 37.5 Å². The second-order valence-corrected chi connectivity index (χ2v) is 10.3. The van der Waals surface area contributed by atoms with Crippen LogP contribution >= 0.6 is 11.8 Å². The van der Waals surface area contributed by atoms with Crippen molar-refractivity contribution in [3.05, 3.63) is 53.1 Å². The van der Waals surface area contributed by atoms with Crippen LogP contribution in [0.3, 0.4) is 0 Å². The van der Waals surface area contributed by atoms with E-state index in [2.05, 4.69) is 11.4 Å².